The van der Waals surface area contributed by atoms with Gasteiger partial charge in [-0.05, 0) is 110 Å². The summed E-state index contributed by atoms with van der Waals surface area (Å²) >= 11 is 0. The van der Waals surface area contributed by atoms with Crippen LogP contribution in [-0.2, 0) is 19.4 Å². The maximum Gasteiger partial charge on any atom is 0.185 e. The molecule has 0 spiro atoms. The number of carbonyl (C=O) groups is 1. The maximum atomic E-state index is 12.8. The Morgan fingerprint density at radius 1 is 0.886 bits per heavy atom. The second-order valence-corrected chi connectivity index (χ2v) is 9.44. The van der Waals surface area contributed by atoms with Gasteiger partial charge in [0.25, 0.3) is 0 Å². The molecule has 0 atom stereocenters. The van der Waals surface area contributed by atoms with Gasteiger partial charge in [0.1, 0.15) is 18.1 Å². The average molecular weight is 468 g/mol. The molecular weight excluding hydrogens is 434 g/mol. The van der Waals surface area contributed by atoms with Crippen LogP contribution < -0.4 is 14.4 Å². The van der Waals surface area contributed by atoms with Crippen molar-refractivity contribution in [2.45, 2.75) is 45.1 Å². The highest BCUT2D eigenvalue weighted by Crippen LogP contribution is 2.28. The monoisotopic (exact) mass is 467 g/mol. The van der Waals surface area contributed by atoms with E-state index in [-0.39, 0.29) is 5.78 Å². The van der Waals surface area contributed by atoms with Gasteiger partial charge in [0.05, 0.1) is 7.11 Å². The third-order valence-corrected chi connectivity index (χ3v) is 7.07. The third kappa shape index (κ3) is 5.59. The Hall–Kier alpha value is -3.53. The van der Waals surface area contributed by atoms with Crippen LogP contribution in [0.5, 0.6) is 11.5 Å². The van der Waals surface area contributed by atoms with Crippen molar-refractivity contribution in [3.05, 3.63) is 94.6 Å². The Kier molecular flexibility index (Phi) is 7.17. The van der Waals surface area contributed by atoms with E-state index in [0.717, 1.165) is 42.1 Å². The van der Waals surface area contributed by atoms with E-state index in [2.05, 4.69) is 35.2 Å². The van der Waals surface area contributed by atoms with E-state index in [4.69, 9.17) is 9.47 Å². The van der Waals surface area contributed by atoms with Crippen molar-refractivity contribution in [3.8, 4) is 11.5 Å². The second kappa shape index (κ2) is 10.8. The fourth-order valence-electron chi connectivity index (χ4n) is 5.07. The summed E-state index contributed by atoms with van der Waals surface area (Å²) in [6.45, 7) is 2.61. The molecule has 1 saturated heterocycles. The van der Waals surface area contributed by atoms with Gasteiger partial charge in [-0.2, -0.15) is 0 Å². The second-order valence-electron chi connectivity index (χ2n) is 9.44. The molecule has 1 heterocycles. The maximum absolute atomic E-state index is 12.8. The number of benzene rings is 3. The first-order valence-corrected chi connectivity index (χ1v) is 12.7. The topological polar surface area (TPSA) is 38.8 Å². The zero-order chi connectivity index (χ0) is 24.0. The Morgan fingerprint density at radius 3 is 2.49 bits per heavy atom. The largest absolute Gasteiger partial charge is 0.496 e. The van der Waals surface area contributed by atoms with Gasteiger partial charge in [-0.25, -0.2) is 0 Å². The van der Waals surface area contributed by atoms with Crippen LogP contribution in [0, 0.1) is 0 Å². The van der Waals surface area contributed by atoms with Crippen LogP contribution >= 0.6 is 0 Å². The summed E-state index contributed by atoms with van der Waals surface area (Å²) in [5.74, 6) is 1.67. The molecule has 0 aromatic heterocycles. The van der Waals surface area contributed by atoms with Crippen LogP contribution in [0.15, 0.2) is 66.7 Å². The molecule has 3 aromatic carbocycles. The minimum Gasteiger partial charge on any atom is -0.496 e. The van der Waals surface area contributed by atoms with E-state index >= 15 is 0 Å². The molecule has 0 amide bonds. The number of aryl methyl sites for hydroxylation is 2. The van der Waals surface area contributed by atoms with E-state index in [1.807, 2.05) is 36.4 Å². The molecule has 1 aliphatic carbocycles. The van der Waals surface area contributed by atoms with Crippen LogP contribution in [0.1, 0.15) is 58.3 Å². The van der Waals surface area contributed by atoms with Gasteiger partial charge in [-0.3, -0.25) is 4.79 Å². The number of methoxy groups -OCH3 is 1. The first-order valence-electron chi connectivity index (χ1n) is 12.7. The summed E-state index contributed by atoms with van der Waals surface area (Å²) in [6.07, 6.45) is 10.8. The van der Waals surface area contributed by atoms with Crippen molar-refractivity contribution >= 4 is 17.5 Å². The van der Waals surface area contributed by atoms with Crippen molar-refractivity contribution in [1.82, 2.24) is 0 Å². The number of nitrogens with zero attached hydrogens (tertiary/aromatic N) is 1. The Balaban J connectivity index is 1.24. The number of carbonyl (C=O) groups excluding carboxylic acids is 1. The number of anilines is 1. The van der Waals surface area contributed by atoms with Crippen molar-refractivity contribution in [3.63, 3.8) is 0 Å². The molecule has 35 heavy (non-hydrogen) atoms. The molecule has 0 unspecified atom stereocenters. The fourth-order valence-corrected chi connectivity index (χ4v) is 5.07. The molecule has 4 heteroatoms. The molecular formula is C31H33NO3. The normalized spacial score (nSPS) is 15.3. The lowest BCUT2D eigenvalue weighted by Gasteiger charge is -2.28. The average Bonchev–Trinajstić information content (AvgIpc) is 3.39. The fraction of sp³-hybridized carbons (Fsp3) is 0.323. The summed E-state index contributed by atoms with van der Waals surface area (Å²) in [4.78, 5) is 15.2. The van der Waals surface area contributed by atoms with Gasteiger partial charge in [0, 0.05) is 29.9 Å². The number of ketones is 1. The van der Waals surface area contributed by atoms with Crippen LogP contribution in [0.25, 0.3) is 6.08 Å². The number of rotatable bonds is 8. The lowest BCUT2D eigenvalue weighted by atomic mass is 10.1. The first kappa shape index (κ1) is 23.2. The van der Waals surface area contributed by atoms with Crippen LogP contribution in [0.4, 0.5) is 5.69 Å². The summed E-state index contributed by atoms with van der Waals surface area (Å²) in [5.41, 5.74) is 6.63. The highest BCUT2D eigenvalue weighted by Gasteiger charge is 2.13. The highest BCUT2D eigenvalue weighted by atomic mass is 16.5. The molecule has 5 rings (SSSR count). The Morgan fingerprint density at radius 2 is 1.69 bits per heavy atom. The molecule has 2 aliphatic rings. The van der Waals surface area contributed by atoms with Crippen LogP contribution in [0.3, 0.4) is 0 Å². The molecule has 0 radical (unpaired) electrons. The van der Waals surface area contributed by atoms with E-state index < -0.39 is 0 Å². The predicted octanol–water partition coefficient (Wildman–Crippen LogP) is 6.65. The van der Waals surface area contributed by atoms with Crippen molar-refractivity contribution < 1.29 is 14.3 Å². The van der Waals surface area contributed by atoms with E-state index in [1.54, 1.807) is 13.2 Å². The van der Waals surface area contributed by atoms with Crippen molar-refractivity contribution in [2.75, 3.05) is 25.1 Å². The molecule has 180 valence electrons. The molecule has 4 nitrogen and oxygen atoms in total. The standard InChI is InChI=1S/C31H33NO3/c1-34-31-17-9-23(20-27(31)22-35-29-15-12-24-6-5-7-26(24)21-29)8-16-30(33)25-10-13-28(14-11-25)32-18-3-2-4-19-32/h8-17,20-21H,2-7,18-19,22H2,1H3/b16-8+. The van der Waals surface area contributed by atoms with Gasteiger partial charge in [-0.1, -0.05) is 18.2 Å². The smallest absolute Gasteiger partial charge is 0.185 e. The van der Waals surface area contributed by atoms with Gasteiger partial charge in [0.15, 0.2) is 5.78 Å². The first-order chi connectivity index (χ1) is 17.2. The number of ether oxygens (including phenoxy) is 2. The summed E-state index contributed by atoms with van der Waals surface area (Å²) in [5, 5.41) is 0. The van der Waals surface area contributed by atoms with Gasteiger partial charge in [0.2, 0.25) is 0 Å². The zero-order valence-electron chi connectivity index (χ0n) is 20.5. The lowest BCUT2D eigenvalue weighted by Crippen LogP contribution is -2.29. The van der Waals surface area contributed by atoms with Crippen molar-refractivity contribution in [1.29, 1.82) is 0 Å². The van der Waals surface area contributed by atoms with E-state index in [1.165, 1.54) is 48.9 Å². The number of hydrogen-bond donors (Lipinski definition) is 0. The number of fused-ring (bicyclic) bond motifs is 1. The molecule has 3 aromatic rings. The summed E-state index contributed by atoms with van der Waals surface area (Å²) < 4.78 is 11.6. The summed E-state index contributed by atoms with van der Waals surface area (Å²) in [6, 6.07) is 20.3. The summed E-state index contributed by atoms with van der Waals surface area (Å²) in [7, 11) is 1.67. The van der Waals surface area contributed by atoms with Crippen LogP contribution in [-0.4, -0.2) is 26.0 Å². The highest BCUT2D eigenvalue weighted by molar-refractivity contribution is 6.07. The number of piperidine rings is 1. The van der Waals surface area contributed by atoms with Crippen LogP contribution in [0.2, 0.25) is 0 Å². The molecule has 0 saturated carbocycles. The zero-order valence-corrected chi connectivity index (χ0v) is 20.5. The lowest BCUT2D eigenvalue weighted by molar-refractivity contribution is 0.104. The molecule has 1 aliphatic heterocycles. The van der Waals surface area contributed by atoms with Gasteiger partial charge >= 0.3 is 0 Å². The Labute approximate surface area is 208 Å². The van der Waals surface area contributed by atoms with Crippen molar-refractivity contribution in [2.24, 2.45) is 0 Å². The van der Waals surface area contributed by atoms with Gasteiger partial charge < -0.3 is 14.4 Å². The van der Waals surface area contributed by atoms with Gasteiger partial charge in [-0.15, -0.1) is 0 Å². The minimum absolute atomic E-state index is 0.00181. The minimum atomic E-state index is 0.00181. The number of allylic oxidation sites excluding steroid dienone is 1. The molecule has 0 bridgehead atoms. The SMILES string of the molecule is COc1ccc(/C=C/C(=O)c2ccc(N3CCCCC3)cc2)cc1COc1ccc2c(c1)CCC2. The van der Waals surface area contributed by atoms with E-state index in [0.29, 0.717) is 12.2 Å². The molecule has 0 N–H and O–H groups in total. The number of hydrogen-bond acceptors (Lipinski definition) is 4. The molecule has 1 fully saturated rings. The van der Waals surface area contributed by atoms with E-state index in [9.17, 15) is 4.79 Å². The predicted molar refractivity (Wildman–Crippen MR) is 142 cm³/mol. The third-order valence-electron chi connectivity index (χ3n) is 7.07. The Bertz CT molecular complexity index is 1210. The quantitative estimate of drug-likeness (QED) is 0.275.